The van der Waals surface area contributed by atoms with Crippen molar-refractivity contribution in [2.75, 3.05) is 31.6 Å². The highest BCUT2D eigenvalue weighted by Crippen LogP contribution is 2.22. The highest BCUT2D eigenvalue weighted by Gasteiger charge is 2.23. The number of piperidine rings is 1. The van der Waals surface area contributed by atoms with Gasteiger partial charge in [0.05, 0.1) is 11.8 Å². The molecule has 6 heteroatoms. The molecule has 23 heavy (non-hydrogen) atoms. The first-order valence-electron chi connectivity index (χ1n) is 8.03. The molecule has 0 spiro atoms. The van der Waals surface area contributed by atoms with Crippen LogP contribution in [0.1, 0.15) is 23.2 Å². The van der Waals surface area contributed by atoms with Gasteiger partial charge in [-0.2, -0.15) is 5.10 Å². The third-order valence-electron chi connectivity index (χ3n) is 4.42. The van der Waals surface area contributed by atoms with Gasteiger partial charge in [0.1, 0.15) is 5.82 Å². The van der Waals surface area contributed by atoms with Crippen LogP contribution in [0.25, 0.3) is 0 Å². The Balaban J connectivity index is 1.51. The molecule has 0 radical (unpaired) electrons. The number of aryl methyl sites for hydroxylation is 1. The van der Waals surface area contributed by atoms with E-state index in [-0.39, 0.29) is 5.91 Å². The van der Waals surface area contributed by atoms with Crippen molar-refractivity contribution >= 4 is 11.7 Å². The van der Waals surface area contributed by atoms with Crippen LogP contribution < -0.4 is 4.90 Å². The van der Waals surface area contributed by atoms with Crippen LogP contribution in [-0.2, 0) is 7.05 Å². The molecule has 1 fully saturated rings. The third kappa shape index (κ3) is 3.70. The molecule has 0 atom stereocenters. The van der Waals surface area contributed by atoms with Gasteiger partial charge in [0.15, 0.2) is 0 Å². The van der Waals surface area contributed by atoms with Crippen LogP contribution in [0, 0.1) is 5.92 Å². The molecule has 2 aromatic rings. The number of carbonyl (C=O) groups excluding carboxylic acids is 1. The van der Waals surface area contributed by atoms with Gasteiger partial charge in [-0.3, -0.25) is 9.48 Å². The lowest BCUT2D eigenvalue weighted by atomic mass is 9.96. The highest BCUT2D eigenvalue weighted by atomic mass is 16.2. The summed E-state index contributed by atoms with van der Waals surface area (Å²) in [6.45, 7) is 2.79. The molecule has 6 nitrogen and oxygen atoms in total. The summed E-state index contributed by atoms with van der Waals surface area (Å²) in [6, 6.07) is 6.02. The lowest BCUT2D eigenvalue weighted by Gasteiger charge is -2.34. The van der Waals surface area contributed by atoms with E-state index in [1.165, 1.54) is 0 Å². The van der Waals surface area contributed by atoms with Gasteiger partial charge in [-0.05, 0) is 30.9 Å². The lowest BCUT2D eigenvalue weighted by Crippen LogP contribution is -2.39. The van der Waals surface area contributed by atoms with E-state index in [4.69, 9.17) is 0 Å². The minimum Gasteiger partial charge on any atom is -0.357 e. The Kier molecular flexibility index (Phi) is 4.60. The SMILES string of the molecule is CN(CC1CCN(c2ccccn2)CC1)C(=O)c1cnn(C)c1. The Morgan fingerprint density at radius 3 is 2.74 bits per heavy atom. The van der Waals surface area contributed by atoms with E-state index in [0.717, 1.165) is 38.3 Å². The Labute approximate surface area is 136 Å². The Bertz CT molecular complexity index is 646. The maximum atomic E-state index is 12.4. The van der Waals surface area contributed by atoms with Crippen molar-refractivity contribution in [3.63, 3.8) is 0 Å². The normalized spacial score (nSPS) is 15.7. The first kappa shape index (κ1) is 15.5. The summed E-state index contributed by atoms with van der Waals surface area (Å²) in [5, 5.41) is 4.07. The maximum absolute atomic E-state index is 12.4. The average molecular weight is 313 g/mol. The Morgan fingerprint density at radius 2 is 2.13 bits per heavy atom. The van der Waals surface area contributed by atoms with Crippen LogP contribution in [0.5, 0.6) is 0 Å². The quantitative estimate of drug-likeness (QED) is 0.864. The molecule has 0 saturated carbocycles. The van der Waals surface area contributed by atoms with Crippen molar-refractivity contribution in [3.8, 4) is 0 Å². The zero-order chi connectivity index (χ0) is 16.2. The molecule has 1 aliphatic heterocycles. The molecule has 3 rings (SSSR count). The van der Waals surface area contributed by atoms with E-state index < -0.39 is 0 Å². The van der Waals surface area contributed by atoms with E-state index in [2.05, 4.69) is 21.0 Å². The minimum atomic E-state index is 0.0465. The van der Waals surface area contributed by atoms with Gasteiger partial charge in [-0.15, -0.1) is 0 Å². The van der Waals surface area contributed by atoms with Crippen LogP contribution in [0.4, 0.5) is 5.82 Å². The molecule has 0 bridgehead atoms. The van der Waals surface area contributed by atoms with Gasteiger partial charge in [0.25, 0.3) is 5.91 Å². The van der Waals surface area contributed by atoms with Gasteiger partial charge in [-0.25, -0.2) is 4.98 Å². The number of hydrogen-bond donors (Lipinski definition) is 0. The monoisotopic (exact) mass is 313 g/mol. The number of pyridine rings is 1. The molecule has 0 aromatic carbocycles. The number of rotatable bonds is 4. The highest BCUT2D eigenvalue weighted by molar-refractivity contribution is 5.93. The fraction of sp³-hybridized carbons (Fsp3) is 0.471. The van der Waals surface area contributed by atoms with Gasteiger partial charge >= 0.3 is 0 Å². The number of carbonyl (C=O) groups is 1. The average Bonchev–Trinajstić information content (AvgIpc) is 3.02. The first-order chi connectivity index (χ1) is 11.1. The zero-order valence-electron chi connectivity index (χ0n) is 13.7. The third-order valence-corrected chi connectivity index (χ3v) is 4.42. The molecule has 122 valence electrons. The van der Waals surface area contributed by atoms with Crippen molar-refractivity contribution < 1.29 is 4.79 Å². The maximum Gasteiger partial charge on any atom is 0.256 e. The molecule has 0 aliphatic carbocycles. The summed E-state index contributed by atoms with van der Waals surface area (Å²) in [7, 11) is 3.70. The predicted octanol–water partition coefficient (Wildman–Crippen LogP) is 1.80. The van der Waals surface area contributed by atoms with Crippen molar-refractivity contribution in [3.05, 3.63) is 42.4 Å². The van der Waals surface area contributed by atoms with E-state index in [1.807, 2.05) is 37.3 Å². The second-order valence-corrected chi connectivity index (χ2v) is 6.21. The molecule has 1 aliphatic rings. The summed E-state index contributed by atoms with van der Waals surface area (Å²) in [6.07, 6.45) is 7.40. The van der Waals surface area contributed by atoms with Crippen LogP contribution >= 0.6 is 0 Å². The van der Waals surface area contributed by atoms with Crippen LogP contribution in [0.3, 0.4) is 0 Å². The molecule has 0 N–H and O–H groups in total. The van der Waals surface area contributed by atoms with E-state index in [0.29, 0.717) is 11.5 Å². The molecule has 2 aromatic heterocycles. The molecule has 0 unspecified atom stereocenters. The summed E-state index contributed by atoms with van der Waals surface area (Å²) in [4.78, 5) is 20.9. The number of hydrogen-bond acceptors (Lipinski definition) is 4. The lowest BCUT2D eigenvalue weighted by molar-refractivity contribution is 0.0765. The van der Waals surface area contributed by atoms with Gasteiger partial charge < -0.3 is 9.80 Å². The predicted molar refractivity (Wildman–Crippen MR) is 89.3 cm³/mol. The second kappa shape index (κ2) is 6.81. The van der Waals surface area contributed by atoms with Gasteiger partial charge in [-0.1, -0.05) is 6.07 Å². The van der Waals surface area contributed by atoms with E-state index >= 15 is 0 Å². The second-order valence-electron chi connectivity index (χ2n) is 6.21. The van der Waals surface area contributed by atoms with E-state index in [1.54, 1.807) is 17.1 Å². The number of amides is 1. The fourth-order valence-electron chi connectivity index (χ4n) is 3.11. The molecular weight excluding hydrogens is 290 g/mol. The van der Waals surface area contributed by atoms with Crippen LogP contribution in [0.2, 0.25) is 0 Å². The summed E-state index contributed by atoms with van der Waals surface area (Å²) in [5.74, 6) is 1.64. The zero-order valence-corrected chi connectivity index (χ0v) is 13.7. The van der Waals surface area contributed by atoms with Crippen LogP contribution in [0.15, 0.2) is 36.8 Å². The van der Waals surface area contributed by atoms with Crippen molar-refractivity contribution in [1.29, 1.82) is 0 Å². The van der Waals surface area contributed by atoms with Crippen LogP contribution in [-0.4, -0.2) is 52.3 Å². The van der Waals surface area contributed by atoms with E-state index in [9.17, 15) is 4.79 Å². The smallest absolute Gasteiger partial charge is 0.256 e. The standard InChI is InChI=1S/C17H23N5O/c1-20(17(23)15-11-19-21(2)13-15)12-14-6-9-22(10-7-14)16-5-3-4-8-18-16/h3-5,8,11,13-14H,6-7,9-10,12H2,1-2H3. The summed E-state index contributed by atoms with van der Waals surface area (Å²) < 4.78 is 1.66. The molecule has 3 heterocycles. The molecular formula is C17H23N5O. The van der Waals surface area contributed by atoms with Crippen molar-refractivity contribution in [2.45, 2.75) is 12.8 Å². The number of aromatic nitrogens is 3. The van der Waals surface area contributed by atoms with Gasteiger partial charge in [0, 0.05) is 46.1 Å². The Hall–Kier alpha value is -2.37. The Morgan fingerprint density at radius 1 is 1.35 bits per heavy atom. The minimum absolute atomic E-state index is 0.0465. The fourth-order valence-corrected chi connectivity index (χ4v) is 3.11. The first-order valence-corrected chi connectivity index (χ1v) is 8.03. The number of anilines is 1. The molecule has 1 amide bonds. The van der Waals surface area contributed by atoms with Crippen molar-refractivity contribution in [1.82, 2.24) is 19.7 Å². The summed E-state index contributed by atoms with van der Waals surface area (Å²) >= 11 is 0. The topological polar surface area (TPSA) is 54.3 Å². The summed E-state index contributed by atoms with van der Waals surface area (Å²) in [5.41, 5.74) is 0.654. The van der Waals surface area contributed by atoms with Crippen molar-refractivity contribution in [2.24, 2.45) is 13.0 Å². The van der Waals surface area contributed by atoms with Gasteiger partial charge in [0.2, 0.25) is 0 Å². The number of nitrogens with zero attached hydrogens (tertiary/aromatic N) is 5. The largest absolute Gasteiger partial charge is 0.357 e. The molecule has 1 saturated heterocycles.